The van der Waals surface area contributed by atoms with Crippen LogP contribution in [0.15, 0.2) is 68.8 Å². The second-order valence-corrected chi connectivity index (χ2v) is 12.4. The van der Waals surface area contributed by atoms with E-state index in [0.717, 1.165) is 29.7 Å². The predicted molar refractivity (Wildman–Crippen MR) is 161 cm³/mol. The zero-order chi connectivity index (χ0) is 30.3. The first-order valence-corrected chi connectivity index (χ1v) is 14.4. The van der Waals surface area contributed by atoms with Crippen LogP contribution in [-0.4, -0.2) is 48.1 Å². The number of aromatic nitrogens is 3. The summed E-state index contributed by atoms with van der Waals surface area (Å²) in [4.78, 5) is 56.6. The highest BCUT2D eigenvalue weighted by Crippen LogP contribution is 2.34. The van der Waals surface area contributed by atoms with E-state index in [4.69, 9.17) is 0 Å². The largest absolute Gasteiger partial charge is 0.465 e. The normalized spacial score (nSPS) is 17.3. The second kappa shape index (κ2) is 11.3. The molecule has 0 saturated heterocycles. The van der Waals surface area contributed by atoms with Crippen molar-refractivity contribution < 1.29 is 19.1 Å². The van der Waals surface area contributed by atoms with Crippen molar-refractivity contribution in [2.45, 2.75) is 64.1 Å². The van der Waals surface area contributed by atoms with Gasteiger partial charge in [0, 0.05) is 27.7 Å². The molecule has 1 aliphatic rings. The van der Waals surface area contributed by atoms with Crippen LogP contribution in [0.5, 0.6) is 0 Å². The zero-order valence-electron chi connectivity index (χ0n) is 23.4. The Morgan fingerprint density at radius 1 is 1.10 bits per heavy atom. The molecule has 0 unspecified atom stereocenters. The Morgan fingerprint density at radius 3 is 2.43 bits per heavy atom. The Balaban J connectivity index is 1.62. The Labute approximate surface area is 249 Å². The van der Waals surface area contributed by atoms with E-state index in [2.05, 4.69) is 20.9 Å². The molecule has 1 aliphatic carbocycles. The summed E-state index contributed by atoms with van der Waals surface area (Å²) in [6, 6.07) is 12.6. The molecule has 11 heteroatoms. The quantitative estimate of drug-likeness (QED) is 0.261. The van der Waals surface area contributed by atoms with Crippen LogP contribution in [0.3, 0.4) is 0 Å². The fourth-order valence-electron chi connectivity index (χ4n) is 5.95. The summed E-state index contributed by atoms with van der Waals surface area (Å²) in [6.07, 6.45) is 2.47. The summed E-state index contributed by atoms with van der Waals surface area (Å²) in [5.74, 6) is -0.699. The second-order valence-electron chi connectivity index (χ2n) is 11.5. The molecule has 2 aromatic carbocycles. The lowest BCUT2D eigenvalue weighted by molar-refractivity contribution is 0.0506. The van der Waals surface area contributed by atoms with E-state index in [1.165, 1.54) is 14.0 Å². The van der Waals surface area contributed by atoms with Crippen LogP contribution in [0.1, 0.15) is 62.9 Å². The zero-order valence-corrected chi connectivity index (χ0v) is 25.0. The van der Waals surface area contributed by atoms with E-state index < -0.39 is 34.7 Å². The predicted octanol–water partition coefficient (Wildman–Crippen LogP) is 6.19. The third-order valence-corrected chi connectivity index (χ3v) is 8.42. The maximum absolute atomic E-state index is 14.4. The van der Waals surface area contributed by atoms with E-state index in [1.54, 1.807) is 36.4 Å². The molecule has 5 rings (SSSR count). The fourth-order valence-corrected chi connectivity index (χ4v) is 6.58. The molecular formula is C31H30BrFN4O5. The van der Waals surface area contributed by atoms with E-state index >= 15 is 0 Å². The van der Waals surface area contributed by atoms with E-state index in [1.807, 2.05) is 26.8 Å². The van der Waals surface area contributed by atoms with Gasteiger partial charge < -0.3 is 10.0 Å². The minimum Gasteiger partial charge on any atom is -0.465 e. The number of aldehydes is 1. The van der Waals surface area contributed by atoms with E-state index in [9.17, 15) is 28.7 Å². The topological polar surface area (TPSA) is 114 Å². The van der Waals surface area contributed by atoms with Gasteiger partial charge in [-0.25, -0.2) is 23.5 Å². The molecule has 9 nitrogen and oxygen atoms in total. The lowest BCUT2D eigenvalue weighted by Crippen LogP contribution is -2.53. The Kier molecular flexibility index (Phi) is 7.89. The number of hydrogen-bond donors (Lipinski definition) is 1. The number of hydrogen-bond acceptors (Lipinski definition) is 5. The van der Waals surface area contributed by atoms with Gasteiger partial charge in [-0.1, -0.05) is 40.2 Å². The number of carboxylic acid groups (broad SMARTS) is 1. The molecule has 2 aromatic heterocycles. The number of rotatable bonds is 5. The summed E-state index contributed by atoms with van der Waals surface area (Å²) >= 11 is 3.51. The van der Waals surface area contributed by atoms with Gasteiger partial charge in [-0.2, -0.15) is 0 Å². The van der Waals surface area contributed by atoms with Crippen LogP contribution in [0.4, 0.5) is 9.18 Å². The SMILES string of the molecule is CC(C)(C)N(C(=O)O)[C@H]1CC[C@@H](n2c(=O)c3cc(F)cnc3n(-c3cccc(-c4ccc(C=O)cc4Br)c3)c2=O)CC1. The summed E-state index contributed by atoms with van der Waals surface area (Å²) in [5.41, 5.74) is 0.664. The smallest absolute Gasteiger partial charge is 0.407 e. The van der Waals surface area contributed by atoms with Gasteiger partial charge in [-0.3, -0.25) is 14.2 Å². The maximum atomic E-state index is 14.4. The van der Waals surface area contributed by atoms with Crippen LogP contribution in [-0.2, 0) is 0 Å². The Bertz CT molecular complexity index is 1820. The highest BCUT2D eigenvalue weighted by Gasteiger charge is 2.37. The molecule has 1 amide bonds. The van der Waals surface area contributed by atoms with Crippen LogP contribution in [0.2, 0.25) is 0 Å². The van der Waals surface area contributed by atoms with Gasteiger partial charge in [0.25, 0.3) is 5.56 Å². The summed E-state index contributed by atoms with van der Waals surface area (Å²) in [7, 11) is 0. The molecule has 0 aliphatic heterocycles. The van der Waals surface area contributed by atoms with Crippen molar-refractivity contribution in [1.29, 1.82) is 0 Å². The van der Waals surface area contributed by atoms with Crippen molar-refractivity contribution in [1.82, 2.24) is 19.0 Å². The average molecular weight is 638 g/mol. The minimum absolute atomic E-state index is 0.0273. The number of nitrogens with zero attached hydrogens (tertiary/aromatic N) is 4. The molecule has 1 saturated carbocycles. The van der Waals surface area contributed by atoms with Gasteiger partial charge in [0.2, 0.25) is 0 Å². The monoisotopic (exact) mass is 636 g/mol. The number of carbonyl (C=O) groups is 2. The average Bonchev–Trinajstić information content (AvgIpc) is 2.93. The third-order valence-electron chi connectivity index (χ3n) is 7.76. The number of pyridine rings is 1. The van der Waals surface area contributed by atoms with Gasteiger partial charge in [-0.15, -0.1) is 0 Å². The Morgan fingerprint density at radius 2 is 1.81 bits per heavy atom. The number of halogens is 2. The molecule has 2 heterocycles. The number of carbonyl (C=O) groups excluding carboxylic acids is 1. The molecule has 0 spiro atoms. The maximum Gasteiger partial charge on any atom is 0.407 e. The van der Waals surface area contributed by atoms with Crippen molar-refractivity contribution in [3.8, 4) is 16.8 Å². The first-order chi connectivity index (χ1) is 19.9. The van der Waals surface area contributed by atoms with Crippen LogP contribution in [0, 0.1) is 5.82 Å². The number of amides is 1. The number of fused-ring (bicyclic) bond motifs is 1. The lowest BCUT2D eigenvalue weighted by Gasteiger charge is -2.42. The van der Waals surface area contributed by atoms with E-state index in [-0.39, 0.29) is 17.1 Å². The highest BCUT2D eigenvalue weighted by molar-refractivity contribution is 9.10. The molecule has 0 atom stereocenters. The first kappa shape index (κ1) is 29.4. The summed E-state index contributed by atoms with van der Waals surface area (Å²) in [5, 5.41) is 9.82. The van der Waals surface area contributed by atoms with Crippen LogP contribution >= 0.6 is 15.9 Å². The molecule has 0 radical (unpaired) electrons. The summed E-state index contributed by atoms with van der Waals surface area (Å²) < 4.78 is 17.5. The minimum atomic E-state index is -1.01. The van der Waals surface area contributed by atoms with Crippen molar-refractivity contribution in [3.63, 3.8) is 0 Å². The summed E-state index contributed by atoms with van der Waals surface area (Å²) in [6.45, 7) is 5.51. The molecule has 1 fully saturated rings. The standard InChI is InChI=1S/C31H30BrFN4O5/c1-31(2,3)37(30(41)42)22-10-8-21(9-11-22)36-28(39)25-15-20(33)16-34-27(25)35(29(36)40)23-6-4-5-19(14-23)24-12-7-18(17-38)13-26(24)32/h4-7,12-17,21-22H,8-11H2,1-3H3,(H,41,42)/t21-,22+. The van der Waals surface area contributed by atoms with Crippen LogP contribution in [0.25, 0.3) is 27.8 Å². The van der Waals surface area contributed by atoms with Gasteiger partial charge in [0.15, 0.2) is 5.65 Å². The van der Waals surface area contributed by atoms with Crippen molar-refractivity contribution in [2.75, 3.05) is 0 Å². The van der Waals surface area contributed by atoms with Gasteiger partial charge >= 0.3 is 11.8 Å². The molecule has 0 bridgehead atoms. The number of benzene rings is 2. The first-order valence-electron chi connectivity index (χ1n) is 13.6. The molecule has 1 N–H and O–H groups in total. The fraction of sp³-hybridized carbons (Fsp3) is 0.323. The molecular weight excluding hydrogens is 607 g/mol. The lowest BCUT2D eigenvalue weighted by atomic mass is 9.88. The third kappa shape index (κ3) is 5.40. The van der Waals surface area contributed by atoms with Crippen molar-refractivity contribution >= 4 is 39.3 Å². The Hall–Kier alpha value is -4.12. The molecule has 4 aromatic rings. The van der Waals surface area contributed by atoms with E-state index in [0.29, 0.717) is 41.4 Å². The molecule has 42 heavy (non-hydrogen) atoms. The van der Waals surface area contributed by atoms with Crippen molar-refractivity contribution in [3.05, 3.63) is 91.4 Å². The molecule has 218 valence electrons. The van der Waals surface area contributed by atoms with Crippen LogP contribution < -0.4 is 11.2 Å². The van der Waals surface area contributed by atoms with Gasteiger partial charge in [-0.05, 0) is 81.8 Å². The highest BCUT2D eigenvalue weighted by atomic mass is 79.9. The van der Waals surface area contributed by atoms with Gasteiger partial charge in [0.1, 0.15) is 12.1 Å². The van der Waals surface area contributed by atoms with Crippen molar-refractivity contribution in [2.24, 2.45) is 0 Å². The van der Waals surface area contributed by atoms with Gasteiger partial charge in [0.05, 0.1) is 17.3 Å².